The number of nitrogens with zero attached hydrogens (tertiary/aromatic N) is 4. The van der Waals surface area contributed by atoms with Gasteiger partial charge in [0.2, 0.25) is 0 Å². The van der Waals surface area contributed by atoms with Gasteiger partial charge in [0.15, 0.2) is 5.75 Å². The van der Waals surface area contributed by atoms with Crippen molar-refractivity contribution in [2.45, 2.75) is 13.0 Å². The van der Waals surface area contributed by atoms with Crippen LogP contribution in [-0.4, -0.2) is 33.5 Å². The maximum absolute atomic E-state index is 13.0. The number of hydrogen-bond donors (Lipinski definition) is 0. The van der Waals surface area contributed by atoms with Crippen LogP contribution < -0.4 is 9.64 Å². The van der Waals surface area contributed by atoms with Gasteiger partial charge in [0.1, 0.15) is 11.6 Å². The summed E-state index contributed by atoms with van der Waals surface area (Å²) >= 11 is 6.22. The van der Waals surface area contributed by atoms with E-state index in [-0.39, 0.29) is 12.0 Å². The van der Waals surface area contributed by atoms with Crippen LogP contribution in [0.5, 0.6) is 5.75 Å². The number of ether oxygens (including phenoxy) is 1. The number of hydrogen-bond acceptors (Lipinski definition) is 4. The lowest BCUT2D eigenvalue weighted by Crippen LogP contribution is -2.42. The summed E-state index contributed by atoms with van der Waals surface area (Å²) in [5.41, 5.74) is 2.81. The van der Waals surface area contributed by atoms with E-state index < -0.39 is 0 Å². The van der Waals surface area contributed by atoms with Gasteiger partial charge < -0.3 is 9.64 Å². The molecule has 1 aliphatic heterocycles. The zero-order valence-corrected chi connectivity index (χ0v) is 14.0. The van der Waals surface area contributed by atoms with E-state index in [2.05, 4.69) is 10.3 Å². The Bertz CT molecular complexity index is 953. The van der Waals surface area contributed by atoms with Crippen LogP contribution in [0.25, 0.3) is 11.0 Å². The second-order valence-corrected chi connectivity index (χ2v) is 6.26. The minimum atomic E-state index is -0.137. The van der Waals surface area contributed by atoms with Crippen molar-refractivity contribution in [1.29, 1.82) is 0 Å². The van der Waals surface area contributed by atoms with E-state index in [1.807, 2.05) is 32.2 Å². The molecule has 2 aromatic carbocycles. The second-order valence-electron chi connectivity index (χ2n) is 5.85. The molecule has 1 amide bonds. The van der Waals surface area contributed by atoms with Gasteiger partial charge in [-0.2, -0.15) is 0 Å². The Morgan fingerprint density at radius 1 is 1.33 bits per heavy atom. The number of benzene rings is 2. The summed E-state index contributed by atoms with van der Waals surface area (Å²) in [5, 5.41) is 8.55. The van der Waals surface area contributed by atoms with Gasteiger partial charge >= 0.3 is 0 Å². The predicted molar refractivity (Wildman–Crippen MR) is 91.7 cm³/mol. The molecule has 1 unspecified atom stereocenters. The van der Waals surface area contributed by atoms with Crippen LogP contribution in [0, 0.1) is 0 Å². The summed E-state index contributed by atoms with van der Waals surface area (Å²) in [6.45, 7) is 2.38. The topological polar surface area (TPSA) is 60.2 Å². The largest absolute Gasteiger partial charge is 0.485 e. The van der Waals surface area contributed by atoms with E-state index in [1.165, 1.54) is 0 Å². The Balaban J connectivity index is 1.77. The highest BCUT2D eigenvalue weighted by molar-refractivity contribution is 6.32. The van der Waals surface area contributed by atoms with E-state index in [4.69, 9.17) is 16.3 Å². The molecule has 1 aliphatic rings. The Morgan fingerprint density at radius 2 is 2.17 bits per heavy atom. The lowest BCUT2D eigenvalue weighted by molar-refractivity contribution is 0.0961. The van der Waals surface area contributed by atoms with Crippen molar-refractivity contribution in [2.24, 2.45) is 7.05 Å². The maximum atomic E-state index is 13.0. The number of rotatable bonds is 1. The van der Waals surface area contributed by atoms with E-state index in [0.29, 0.717) is 34.1 Å². The zero-order chi connectivity index (χ0) is 16.8. The van der Waals surface area contributed by atoms with Crippen molar-refractivity contribution in [1.82, 2.24) is 15.0 Å². The number of amides is 1. The van der Waals surface area contributed by atoms with Crippen LogP contribution >= 0.6 is 11.6 Å². The molecule has 0 spiro atoms. The molecule has 6 nitrogen and oxygen atoms in total. The maximum Gasteiger partial charge on any atom is 0.258 e. The first kappa shape index (κ1) is 15.0. The average molecular weight is 343 g/mol. The smallest absolute Gasteiger partial charge is 0.258 e. The molecule has 122 valence electrons. The number of aryl methyl sites for hydroxylation is 1. The Hall–Kier alpha value is -2.60. The van der Waals surface area contributed by atoms with Gasteiger partial charge in [-0.25, -0.2) is 4.68 Å². The normalized spacial score (nSPS) is 16.8. The molecule has 0 saturated heterocycles. The van der Waals surface area contributed by atoms with Crippen LogP contribution in [0.4, 0.5) is 5.69 Å². The molecule has 1 aromatic heterocycles. The molecule has 7 heteroatoms. The fraction of sp³-hybridized carbons (Fsp3) is 0.235. The Kier molecular flexibility index (Phi) is 3.42. The quantitative estimate of drug-likeness (QED) is 0.682. The minimum Gasteiger partial charge on any atom is -0.485 e. The van der Waals surface area contributed by atoms with E-state index >= 15 is 0 Å². The summed E-state index contributed by atoms with van der Waals surface area (Å²) in [4.78, 5) is 14.7. The fourth-order valence-corrected chi connectivity index (χ4v) is 3.16. The van der Waals surface area contributed by atoms with Gasteiger partial charge in [0.25, 0.3) is 5.91 Å². The van der Waals surface area contributed by atoms with Gasteiger partial charge in [-0.15, -0.1) is 5.10 Å². The molecule has 2 heterocycles. The van der Waals surface area contributed by atoms with E-state index in [9.17, 15) is 4.79 Å². The number of carbonyl (C=O) groups excluding carboxylic acids is 1. The number of fused-ring (bicyclic) bond motifs is 2. The average Bonchev–Trinajstić information content (AvgIpc) is 2.95. The first-order valence-corrected chi connectivity index (χ1v) is 7.99. The van der Waals surface area contributed by atoms with Crippen molar-refractivity contribution in [3.8, 4) is 5.75 Å². The molecule has 0 aliphatic carbocycles. The summed E-state index contributed by atoms with van der Waals surface area (Å²) in [7, 11) is 1.82. The van der Waals surface area contributed by atoms with E-state index in [1.54, 1.807) is 27.8 Å². The summed E-state index contributed by atoms with van der Waals surface area (Å²) < 4.78 is 7.48. The van der Waals surface area contributed by atoms with Crippen molar-refractivity contribution < 1.29 is 9.53 Å². The van der Waals surface area contributed by atoms with Crippen LogP contribution in [0.15, 0.2) is 36.4 Å². The van der Waals surface area contributed by atoms with Gasteiger partial charge in [0.05, 0.1) is 22.8 Å². The first-order chi connectivity index (χ1) is 11.5. The monoisotopic (exact) mass is 342 g/mol. The molecule has 0 bridgehead atoms. The number of para-hydroxylation sites is 1. The highest BCUT2D eigenvalue weighted by Gasteiger charge is 2.30. The van der Waals surface area contributed by atoms with Crippen molar-refractivity contribution in [3.63, 3.8) is 0 Å². The second kappa shape index (κ2) is 5.49. The summed E-state index contributed by atoms with van der Waals surface area (Å²) in [6, 6.07) is 10.8. The van der Waals surface area contributed by atoms with Gasteiger partial charge in [-0.05, 0) is 37.3 Å². The van der Waals surface area contributed by atoms with E-state index in [0.717, 1.165) is 5.52 Å². The fourth-order valence-electron chi connectivity index (χ4n) is 2.94. The first-order valence-electron chi connectivity index (χ1n) is 7.61. The third-order valence-electron chi connectivity index (χ3n) is 4.10. The summed E-state index contributed by atoms with van der Waals surface area (Å²) in [5.74, 6) is 0.438. The third-order valence-corrected chi connectivity index (χ3v) is 4.40. The van der Waals surface area contributed by atoms with Gasteiger partial charge in [-0.1, -0.05) is 22.9 Å². The molecule has 0 saturated carbocycles. The molecule has 24 heavy (non-hydrogen) atoms. The lowest BCUT2D eigenvalue weighted by Gasteiger charge is -2.34. The van der Waals surface area contributed by atoms with Crippen molar-refractivity contribution in [3.05, 3.63) is 47.0 Å². The number of aromatic nitrogens is 3. The molecular formula is C17H15ClN4O2. The summed E-state index contributed by atoms with van der Waals surface area (Å²) in [6.07, 6.45) is -0.137. The Morgan fingerprint density at radius 3 is 3.00 bits per heavy atom. The molecule has 3 aromatic rings. The zero-order valence-electron chi connectivity index (χ0n) is 13.2. The molecule has 0 N–H and O–H groups in total. The van der Waals surface area contributed by atoms with Crippen LogP contribution in [0.2, 0.25) is 5.02 Å². The van der Waals surface area contributed by atoms with Crippen molar-refractivity contribution >= 4 is 34.2 Å². The third kappa shape index (κ3) is 2.30. The molecule has 4 rings (SSSR count). The van der Waals surface area contributed by atoms with Gasteiger partial charge in [0, 0.05) is 12.6 Å². The molecular weight excluding hydrogens is 328 g/mol. The molecule has 0 radical (unpaired) electrons. The molecule has 1 atom stereocenters. The van der Waals surface area contributed by atoms with Crippen LogP contribution in [0.1, 0.15) is 17.3 Å². The predicted octanol–water partition coefficient (Wildman–Crippen LogP) is 3.05. The highest BCUT2D eigenvalue weighted by Crippen LogP contribution is 2.39. The molecule has 0 fully saturated rings. The standard InChI is InChI=1S/C17H15ClN4O2/c1-10-9-22(15-5-3-4-12(18)16(15)24-10)17(23)11-6-7-14-13(8-11)19-20-21(14)2/h3-8,10H,9H2,1-2H3. The highest BCUT2D eigenvalue weighted by atomic mass is 35.5. The SMILES string of the molecule is CC1CN(C(=O)c2ccc3c(c2)nnn3C)c2cccc(Cl)c2O1. The Labute approximate surface area is 143 Å². The number of anilines is 1. The minimum absolute atomic E-state index is 0.110. The van der Waals surface area contributed by atoms with Crippen LogP contribution in [0.3, 0.4) is 0 Å². The lowest BCUT2D eigenvalue weighted by atomic mass is 10.1. The number of halogens is 1. The van der Waals surface area contributed by atoms with Crippen LogP contribution in [-0.2, 0) is 7.05 Å². The van der Waals surface area contributed by atoms with Gasteiger partial charge in [-0.3, -0.25) is 4.79 Å². The number of carbonyl (C=O) groups is 1. The van der Waals surface area contributed by atoms with Crippen molar-refractivity contribution in [2.75, 3.05) is 11.4 Å².